The zero-order valence-corrected chi connectivity index (χ0v) is 10.3. The van der Waals surface area contributed by atoms with E-state index in [-0.39, 0.29) is 5.82 Å². The van der Waals surface area contributed by atoms with Gasteiger partial charge in [0.15, 0.2) is 0 Å². The summed E-state index contributed by atoms with van der Waals surface area (Å²) in [4.78, 5) is 4.49. The van der Waals surface area contributed by atoms with Gasteiger partial charge in [-0.15, -0.1) is 0 Å². The fourth-order valence-electron chi connectivity index (χ4n) is 2.15. The molecule has 0 bridgehead atoms. The molecule has 2 aromatic carbocycles. The third kappa shape index (κ3) is 1.85. The molecular formula is C15H10FN3. The predicted octanol–water partition coefficient (Wildman–Crippen LogP) is 3.25. The number of nitriles is 1. The van der Waals surface area contributed by atoms with Crippen molar-refractivity contribution < 1.29 is 4.39 Å². The van der Waals surface area contributed by atoms with Crippen LogP contribution in [0.1, 0.15) is 5.56 Å². The molecule has 0 saturated carbocycles. The normalized spacial score (nSPS) is 10.6. The molecule has 19 heavy (non-hydrogen) atoms. The van der Waals surface area contributed by atoms with Crippen molar-refractivity contribution in [3.63, 3.8) is 0 Å². The summed E-state index contributed by atoms with van der Waals surface area (Å²) < 4.78 is 15.1. The minimum Gasteiger partial charge on any atom is -0.327 e. The lowest BCUT2D eigenvalue weighted by atomic mass is 10.2. The summed E-state index contributed by atoms with van der Waals surface area (Å²) in [6.45, 7) is 0. The van der Waals surface area contributed by atoms with Crippen molar-refractivity contribution in [3.8, 4) is 17.5 Å². The van der Waals surface area contributed by atoms with E-state index in [1.54, 1.807) is 24.3 Å². The zero-order chi connectivity index (χ0) is 13.4. The third-order valence-corrected chi connectivity index (χ3v) is 3.09. The summed E-state index contributed by atoms with van der Waals surface area (Å²) in [5.74, 6) is 0.395. The summed E-state index contributed by atoms with van der Waals surface area (Å²) in [5.41, 5.74) is 2.96. The zero-order valence-electron chi connectivity index (χ0n) is 10.3. The Morgan fingerprint density at radius 1 is 1.21 bits per heavy atom. The van der Waals surface area contributed by atoms with Gasteiger partial charge in [0.2, 0.25) is 0 Å². The minimum absolute atomic E-state index is 0.290. The van der Waals surface area contributed by atoms with Gasteiger partial charge >= 0.3 is 0 Å². The van der Waals surface area contributed by atoms with Gasteiger partial charge in [-0.3, -0.25) is 0 Å². The number of halogens is 1. The maximum absolute atomic E-state index is 13.3. The maximum atomic E-state index is 13.3. The van der Waals surface area contributed by atoms with E-state index in [0.717, 1.165) is 16.6 Å². The van der Waals surface area contributed by atoms with Gasteiger partial charge < -0.3 is 4.57 Å². The van der Waals surface area contributed by atoms with Crippen LogP contribution >= 0.6 is 0 Å². The van der Waals surface area contributed by atoms with Gasteiger partial charge in [-0.1, -0.05) is 12.1 Å². The first-order valence-corrected chi connectivity index (χ1v) is 5.81. The van der Waals surface area contributed by atoms with Crippen molar-refractivity contribution in [3.05, 3.63) is 53.8 Å². The van der Waals surface area contributed by atoms with Crippen LogP contribution in [0.25, 0.3) is 22.4 Å². The maximum Gasteiger partial charge on any atom is 0.140 e. The number of rotatable bonds is 1. The number of aromatic nitrogens is 2. The van der Waals surface area contributed by atoms with E-state index in [9.17, 15) is 4.39 Å². The number of hydrogen-bond acceptors (Lipinski definition) is 2. The van der Waals surface area contributed by atoms with Crippen LogP contribution in [0.5, 0.6) is 0 Å². The summed E-state index contributed by atoms with van der Waals surface area (Å²) in [6.07, 6.45) is 0. The Labute approximate surface area is 109 Å². The SMILES string of the molecule is Cn1c(-c2cccc(F)c2)nc2ccc(C#N)cc21. The molecule has 4 heteroatoms. The molecule has 0 aliphatic heterocycles. The van der Waals surface area contributed by atoms with Crippen molar-refractivity contribution in [2.45, 2.75) is 0 Å². The fraction of sp³-hybridized carbons (Fsp3) is 0.0667. The molecule has 0 amide bonds. The van der Waals surface area contributed by atoms with Crippen molar-refractivity contribution in [2.75, 3.05) is 0 Å². The molecule has 1 heterocycles. The van der Waals surface area contributed by atoms with Gasteiger partial charge in [0, 0.05) is 12.6 Å². The molecule has 0 radical (unpaired) electrons. The minimum atomic E-state index is -0.290. The molecule has 0 atom stereocenters. The highest BCUT2D eigenvalue weighted by atomic mass is 19.1. The van der Waals surface area contributed by atoms with E-state index < -0.39 is 0 Å². The van der Waals surface area contributed by atoms with E-state index in [4.69, 9.17) is 5.26 Å². The second kappa shape index (κ2) is 4.21. The van der Waals surface area contributed by atoms with Crippen molar-refractivity contribution in [2.24, 2.45) is 7.05 Å². The summed E-state index contributed by atoms with van der Waals surface area (Å²) in [7, 11) is 1.86. The van der Waals surface area contributed by atoms with E-state index in [1.165, 1.54) is 12.1 Å². The Morgan fingerprint density at radius 2 is 2.05 bits per heavy atom. The van der Waals surface area contributed by atoms with Crippen LogP contribution in [0.2, 0.25) is 0 Å². The average molecular weight is 251 g/mol. The fourth-order valence-corrected chi connectivity index (χ4v) is 2.15. The topological polar surface area (TPSA) is 41.6 Å². The third-order valence-electron chi connectivity index (χ3n) is 3.09. The van der Waals surface area contributed by atoms with E-state index in [0.29, 0.717) is 11.4 Å². The summed E-state index contributed by atoms with van der Waals surface area (Å²) in [6, 6.07) is 13.7. The van der Waals surface area contributed by atoms with Crippen molar-refractivity contribution in [1.29, 1.82) is 5.26 Å². The highest BCUT2D eigenvalue weighted by molar-refractivity contribution is 5.81. The van der Waals surface area contributed by atoms with Crippen LogP contribution in [0.15, 0.2) is 42.5 Å². The first-order chi connectivity index (χ1) is 9.19. The quantitative estimate of drug-likeness (QED) is 0.666. The van der Waals surface area contributed by atoms with Crippen LogP contribution in [0.4, 0.5) is 4.39 Å². The highest BCUT2D eigenvalue weighted by Crippen LogP contribution is 2.24. The average Bonchev–Trinajstić information content (AvgIpc) is 2.76. The van der Waals surface area contributed by atoms with Gasteiger partial charge in [0.1, 0.15) is 11.6 Å². The van der Waals surface area contributed by atoms with Crippen LogP contribution in [0.3, 0.4) is 0 Å². The molecule has 0 saturated heterocycles. The van der Waals surface area contributed by atoms with Gasteiger partial charge in [-0.05, 0) is 30.3 Å². The lowest BCUT2D eigenvalue weighted by molar-refractivity contribution is 0.628. The number of benzene rings is 2. The Kier molecular flexibility index (Phi) is 2.53. The number of nitrogens with zero attached hydrogens (tertiary/aromatic N) is 3. The largest absolute Gasteiger partial charge is 0.327 e. The number of fused-ring (bicyclic) bond motifs is 1. The predicted molar refractivity (Wildman–Crippen MR) is 70.8 cm³/mol. The Hall–Kier alpha value is -2.67. The Bertz CT molecular complexity index is 812. The van der Waals surface area contributed by atoms with Crippen molar-refractivity contribution in [1.82, 2.24) is 9.55 Å². The van der Waals surface area contributed by atoms with Gasteiger partial charge in [-0.25, -0.2) is 9.37 Å². The second-order valence-corrected chi connectivity index (χ2v) is 4.32. The molecule has 0 fully saturated rings. The Balaban J connectivity index is 2.26. The van der Waals surface area contributed by atoms with Crippen LogP contribution in [-0.4, -0.2) is 9.55 Å². The second-order valence-electron chi connectivity index (χ2n) is 4.32. The van der Waals surface area contributed by atoms with E-state index in [2.05, 4.69) is 11.1 Å². The van der Waals surface area contributed by atoms with E-state index in [1.807, 2.05) is 17.7 Å². The highest BCUT2D eigenvalue weighted by Gasteiger charge is 2.10. The van der Waals surface area contributed by atoms with Crippen LogP contribution < -0.4 is 0 Å². The van der Waals surface area contributed by atoms with Gasteiger partial charge in [0.05, 0.1) is 22.7 Å². The lowest BCUT2D eigenvalue weighted by Gasteiger charge is -2.02. The molecule has 1 aromatic heterocycles. The van der Waals surface area contributed by atoms with Crippen LogP contribution in [-0.2, 0) is 7.05 Å². The van der Waals surface area contributed by atoms with Gasteiger partial charge in [0.25, 0.3) is 0 Å². The molecular weight excluding hydrogens is 241 g/mol. The number of imidazole rings is 1. The molecule has 0 N–H and O–H groups in total. The number of aryl methyl sites for hydroxylation is 1. The Morgan fingerprint density at radius 3 is 2.79 bits per heavy atom. The number of hydrogen-bond donors (Lipinski definition) is 0. The lowest BCUT2D eigenvalue weighted by Crippen LogP contribution is -1.93. The molecule has 0 aliphatic rings. The molecule has 92 valence electrons. The molecule has 3 rings (SSSR count). The van der Waals surface area contributed by atoms with Crippen molar-refractivity contribution >= 4 is 11.0 Å². The molecule has 0 unspecified atom stereocenters. The van der Waals surface area contributed by atoms with E-state index >= 15 is 0 Å². The molecule has 0 spiro atoms. The first-order valence-electron chi connectivity index (χ1n) is 5.81. The monoisotopic (exact) mass is 251 g/mol. The van der Waals surface area contributed by atoms with Gasteiger partial charge in [-0.2, -0.15) is 5.26 Å². The molecule has 3 nitrogen and oxygen atoms in total. The molecule has 0 aliphatic carbocycles. The first kappa shape index (κ1) is 11.4. The molecule has 3 aromatic rings. The summed E-state index contributed by atoms with van der Waals surface area (Å²) >= 11 is 0. The smallest absolute Gasteiger partial charge is 0.140 e. The summed E-state index contributed by atoms with van der Waals surface area (Å²) in [5, 5.41) is 8.92. The van der Waals surface area contributed by atoms with Crippen LogP contribution in [0, 0.1) is 17.1 Å². The standard InChI is InChI=1S/C15H10FN3/c1-19-14-7-10(9-17)5-6-13(14)18-15(19)11-3-2-4-12(16)8-11/h2-8H,1H3.